The summed E-state index contributed by atoms with van der Waals surface area (Å²) < 4.78 is 16.7. The van der Waals surface area contributed by atoms with Crippen LogP contribution in [0.15, 0.2) is 25.2 Å². The number of carbonyl (C=O) groups is 3. The number of hydrogen-bond donors (Lipinski definition) is 10. The molecule has 4 heterocycles. The second-order valence-corrected chi connectivity index (χ2v) is 12.8. The molecule has 8 atom stereocenters. The Morgan fingerprint density at radius 2 is 1.61 bits per heavy atom. The van der Waals surface area contributed by atoms with Gasteiger partial charge in [0.15, 0.2) is 0 Å². The molecule has 4 rings (SSSR count). The van der Waals surface area contributed by atoms with E-state index in [2.05, 4.69) is 30.9 Å². The largest absolute Gasteiger partial charge is 0.444 e. The molecule has 2 aliphatic rings. The first kappa shape index (κ1) is 37.2. The molecule has 0 aromatic carbocycles. The van der Waals surface area contributed by atoms with Crippen molar-refractivity contribution >= 4 is 17.9 Å². The molecule has 0 saturated carbocycles. The van der Waals surface area contributed by atoms with Crippen LogP contribution < -0.4 is 38.4 Å². The van der Waals surface area contributed by atoms with Crippen LogP contribution in [0.5, 0.6) is 0 Å². The molecule has 0 radical (unpaired) electrons. The van der Waals surface area contributed by atoms with E-state index in [4.69, 9.17) is 14.2 Å². The minimum Gasteiger partial charge on any atom is -0.444 e. The fourth-order valence-electron chi connectivity index (χ4n) is 5.42. The Morgan fingerprint density at radius 3 is 2.29 bits per heavy atom. The molecule has 49 heavy (non-hydrogen) atoms. The van der Waals surface area contributed by atoms with Crippen molar-refractivity contribution in [3.8, 4) is 0 Å². The Kier molecular flexibility index (Phi) is 11.6. The lowest BCUT2D eigenvalue weighted by atomic mass is 10.1. The number of H-pyrrole nitrogens is 4. The smallest absolute Gasteiger partial charge is 0.408 e. The van der Waals surface area contributed by atoms with Crippen LogP contribution in [0.4, 0.5) is 4.79 Å². The molecule has 20 nitrogen and oxygen atoms in total. The van der Waals surface area contributed by atoms with Crippen LogP contribution in [0.2, 0.25) is 0 Å². The highest BCUT2D eigenvalue weighted by atomic mass is 16.6. The maximum absolute atomic E-state index is 13.2. The van der Waals surface area contributed by atoms with E-state index < -0.39 is 94.8 Å². The predicted molar refractivity (Wildman–Crippen MR) is 166 cm³/mol. The molecule has 8 unspecified atom stereocenters. The summed E-state index contributed by atoms with van der Waals surface area (Å²) in [5, 5.41) is 39.0. The van der Waals surface area contributed by atoms with Gasteiger partial charge >= 0.3 is 17.5 Å². The van der Waals surface area contributed by atoms with Gasteiger partial charge in [0.25, 0.3) is 11.1 Å². The monoisotopic (exact) mass is 695 g/mol. The number of ether oxygens (including phenoxy) is 3. The number of nitrogens with one attached hydrogen (secondary N) is 7. The Morgan fingerprint density at radius 1 is 0.939 bits per heavy atom. The lowest BCUT2D eigenvalue weighted by Crippen LogP contribution is -2.51. The summed E-state index contributed by atoms with van der Waals surface area (Å²) in [7, 11) is 0. The molecule has 2 fully saturated rings. The van der Waals surface area contributed by atoms with E-state index >= 15 is 0 Å². The van der Waals surface area contributed by atoms with Gasteiger partial charge in [0.1, 0.15) is 48.3 Å². The van der Waals surface area contributed by atoms with Crippen LogP contribution in [0.1, 0.15) is 69.2 Å². The second kappa shape index (κ2) is 15.3. The van der Waals surface area contributed by atoms with Crippen molar-refractivity contribution in [2.45, 2.75) is 101 Å². The summed E-state index contributed by atoms with van der Waals surface area (Å²) in [6.07, 6.45) is -9.65. The minimum atomic E-state index is -1.56. The third-order valence-electron chi connectivity index (χ3n) is 7.86. The van der Waals surface area contributed by atoms with E-state index in [1.165, 1.54) is 6.92 Å². The van der Waals surface area contributed by atoms with Crippen LogP contribution in [0, 0.1) is 6.92 Å². The van der Waals surface area contributed by atoms with Crippen molar-refractivity contribution < 1.29 is 43.9 Å². The highest BCUT2D eigenvalue weighted by Crippen LogP contribution is 2.33. The Bertz CT molecular complexity index is 1730. The average Bonchev–Trinajstić information content (AvgIpc) is 3.51. The Hall–Kier alpha value is -4.63. The maximum Gasteiger partial charge on any atom is 0.408 e. The third kappa shape index (κ3) is 9.72. The van der Waals surface area contributed by atoms with E-state index in [9.17, 15) is 48.9 Å². The molecule has 10 N–H and O–H groups in total. The van der Waals surface area contributed by atoms with Gasteiger partial charge in [0.2, 0.25) is 11.8 Å². The van der Waals surface area contributed by atoms with Crippen LogP contribution in [0.3, 0.4) is 0 Å². The molecule has 2 saturated heterocycles. The molecule has 3 amide bonds. The Labute approximate surface area is 277 Å². The lowest BCUT2D eigenvalue weighted by molar-refractivity contribution is -0.125. The van der Waals surface area contributed by atoms with Gasteiger partial charge in [-0.2, -0.15) is 0 Å². The summed E-state index contributed by atoms with van der Waals surface area (Å²) in [6.45, 7) is 5.83. The topological polar surface area (TPSA) is 307 Å². The molecular weight excluding hydrogens is 654 g/mol. The van der Waals surface area contributed by atoms with Gasteiger partial charge in [0, 0.05) is 37.6 Å². The molecule has 270 valence electrons. The molecule has 0 aliphatic carbocycles. The van der Waals surface area contributed by atoms with E-state index in [-0.39, 0.29) is 49.3 Å². The lowest BCUT2D eigenvalue weighted by Gasteiger charge is -2.24. The zero-order valence-corrected chi connectivity index (χ0v) is 27.2. The van der Waals surface area contributed by atoms with Gasteiger partial charge in [0.05, 0.1) is 17.5 Å². The standard InChI is InChI=1S/C29H41N7O13/c1-11-20(35-27(45)36-24(11)42)15-8-14(37)16(47-15)9-30-18(38)6-5-12(33-28(46)49-29(2,3)4)25(43)31-10-17-21(40)22(41)23(48-17)13-7-19(39)34-26(44)32-13/h7,12,14-17,21-23,37,40-41H,5-6,8-10H2,1-4H3,(H,30,38)(H,31,43)(H,33,46)(H2,32,34,39,44)(H2,35,36,42,45). The average molecular weight is 696 g/mol. The number of hydrogen-bond acceptors (Lipinski definition) is 13. The number of aromatic nitrogens is 4. The SMILES string of the molecule is Cc1c(C2CC(O)C(CNC(=O)CCC(NC(=O)OC(C)(C)C)C(=O)NCC3OC(c4cc(=O)[nH]c(=O)[nH]4)C(O)C3O)O2)[nH]c(=O)[nH]c1=O. The van der Waals surface area contributed by atoms with Crippen molar-refractivity contribution in [2.75, 3.05) is 13.1 Å². The van der Waals surface area contributed by atoms with Crippen molar-refractivity contribution in [1.82, 2.24) is 35.9 Å². The summed E-state index contributed by atoms with van der Waals surface area (Å²) in [4.78, 5) is 94.4. The molecule has 2 aromatic rings. The fraction of sp³-hybridized carbons (Fsp3) is 0.621. The van der Waals surface area contributed by atoms with Gasteiger partial charge in [-0.1, -0.05) is 0 Å². The number of aliphatic hydroxyl groups is 3. The molecule has 2 aromatic heterocycles. The quantitative estimate of drug-likeness (QED) is 0.110. The molecule has 0 bridgehead atoms. The molecule has 0 spiro atoms. The number of amides is 3. The minimum absolute atomic E-state index is 0.0571. The van der Waals surface area contributed by atoms with Crippen molar-refractivity contribution in [3.05, 3.63) is 64.7 Å². The first-order chi connectivity index (χ1) is 22.9. The van der Waals surface area contributed by atoms with E-state index in [0.717, 1.165) is 6.07 Å². The predicted octanol–water partition coefficient (Wildman–Crippen LogP) is -3.29. The third-order valence-corrected chi connectivity index (χ3v) is 7.86. The Balaban J connectivity index is 1.34. The van der Waals surface area contributed by atoms with Crippen LogP contribution in [-0.2, 0) is 23.8 Å². The number of rotatable bonds is 11. The van der Waals surface area contributed by atoms with Crippen molar-refractivity contribution in [1.29, 1.82) is 0 Å². The van der Waals surface area contributed by atoms with Crippen LogP contribution in [-0.4, -0.2) is 108 Å². The number of aliphatic hydroxyl groups excluding tert-OH is 3. The number of carbonyl (C=O) groups excluding carboxylic acids is 3. The number of aromatic amines is 4. The highest BCUT2D eigenvalue weighted by molar-refractivity contribution is 5.86. The summed E-state index contributed by atoms with van der Waals surface area (Å²) >= 11 is 0. The fourth-order valence-corrected chi connectivity index (χ4v) is 5.42. The van der Waals surface area contributed by atoms with Crippen LogP contribution >= 0.6 is 0 Å². The van der Waals surface area contributed by atoms with E-state index in [1.54, 1.807) is 20.8 Å². The van der Waals surface area contributed by atoms with E-state index in [1.807, 2.05) is 4.98 Å². The van der Waals surface area contributed by atoms with Gasteiger partial charge in [-0.05, 0) is 34.1 Å². The van der Waals surface area contributed by atoms with Gasteiger partial charge in [-0.3, -0.25) is 29.1 Å². The van der Waals surface area contributed by atoms with Crippen molar-refractivity contribution in [2.24, 2.45) is 0 Å². The summed E-state index contributed by atoms with van der Waals surface area (Å²) in [6, 6.07) is -0.321. The van der Waals surface area contributed by atoms with Crippen molar-refractivity contribution in [3.63, 3.8) is 0 Å². The molecular formula is C29H41N7O13. The summed E-state index contributed by atoms with van der Waals surface area (Å²) in [5.74, 6) is -1.34. The zero-order valence-electron chi connectivity index (χ0n) is 27.2. The normalized spacial score (nSPS) is 25.8. The highest BCUT2D eigenvalue weighted by Gasteiger charge is 2.44. The van der Waals surface area contributed by atoms with Gasteiger partial charge in [-0.15, -0.1) is 0 Å². The van der Waals surface area contributed by atoms with Gasteiger partial charge in [-0.25, -0.2) is 14.4 Å². The van der Waals surface area contributed by atoms with Crippen LogP contribution in [0.25, 0.3) is 0 Å². The zero-order chi connectivity index (χ0) is 36.2. The van der Waals surface area contributed by atoms with Gasteiger partial charge < -0.3 is 55.4 Å². The molecule has 2 aliphatic heterocycles. The maximum atomic E-state index is 13.2. The molecule has 20 heteroatoms. The first-order valence-electron chi connectivity index (χ1n) is 15.5. The van der Waals surface area contributed by atoms with E-state index in [0.29, 0.717) is 0 Å². The number of alkyl carbamates (subject to hydrolysis) is 1. The first-order valence-corrected chi connectivity index (χ1v) is 15.5. The second-order valence-electron chi connectivity index (χ2n) is 12.8. The summed E-state index contributed by atoms with van der Waals surface area (Å²) in [5.41, 5.74) is -3.48.